The molecule has 1 fully saturated rings. The van der Waals surface area contributed by atoms with Gasteiger partial charge in [-0.1, -0.05) is 29.8 Å². The Bertz CT molecular complexity index is 696. The summed E-state index contributed by atoms with van der Waals surface area (Å²) >= 11 is 6.05. The minimum atomic E-state index is 0.189. The number of carbonyl (C=O) groups excluding carboxylic acids is 1. The lowest BCUT2D eigenvalue weighted by molar-refractivity contribution is -0.123. The predicted octanol–water partition coefficient (Wildman–Crippen LogP) is 3.63. The maximum Gasteiger partial charge on any atom is 0.142 e. The van der Waals surface area contributed by atoms with Crippen molar-refractivity contribution in [2.45, 2.75) is 32.1 Å². The monoisotopic (exact) mass is 342 g/mol. The Balaban J connectivity index is 1.65. The minimum Gasteiger partial charge on any atom is -0.317 e. The lowest BCUT2D eigenvalue weighted by Crippen LogP contribution is -2.32. The van der Waals surface area contributed by atoms with Crippen molar-refractivity contribution in [2.75, 3.05) is 13.1 Å². The van der Waals surface area contributed by atoms with Crippen molar-refractivity contribution in [3.05, 3.63) is 64.4 Å². The zero-order valence-electron chi connectivity index (χ0n) is 13.8. The van der Waals surface area contributed by atoms with Crippen molar-refractivity contribution in [1.82, 2.24) is 10.3 Å². The van der Waals surface area contributed by atoms with Crippen molar-refractivity contribution >= 4 is 17.4 Å². The Kier molecular flexibility index (Phi) is 6.00. The van der Waals surface area contributed by atoms with Gasteiger partial charge in [0, 0.05) is 23.6 Å². The molecule has 3 nitrogen and oxygen atoms in total. The number of nitrogens with one attached hydrogen (secondary N) is 1. The molecule has 2 heterocycles. The topological polar surface area (TPSA) is 42.0 Å². The van der Waals surface area contributed by atoms with Crippen molar-refractivity contribution in [1.29, 1.82) is 0 Å². The number of carbonyl (C=O) groups is 1. The summed E-state index contributed by atoms with van der Waals surface area (Å²) in [4.78, 5) is 17.0. The minimum absolute atomic E-state index is 0.189. The molecule has 1 aliphatic heterocycles. The Labute approximate surface area is 148 Å². The maximum absolute atomic E-state index is 12.6. The summed E-state index contributed by atoms with van der Waals surface area (Å²) in [6, 6.07) is 12.0. The van der Waals surface area contributed by atoms with E-state index in [1.807, 2.05) is 24.3 Å². The second kappa shape index (κ2) is 8.41. The number of Topliss-reactive ketones (excluding diaryl/α,β-unsaturated/α-hetero) is 1. The smallest absolute Gasteiger partial charge is 0.142 e. The van der Waals surface area contributed by atoms with Crippen LogP contribution in [-0.4, -0.2) is 23.9 Å². The average molecular weight is 343 g/mol. The fourth-order valence-corrected chi connectivity index (χ4v) is 3.50. The number of rotatable bonds is 6. The molecule has 0 aliphatic carbocycles. The molecule has 24 heavy (non-hydrogen) atoms. The summed E-state index contributed by atoms with van der Waals surface area (Å²) < 4.78 is 0. The van der Waals surface area contributed by atoms with E-state index < -0.39 is 0 Å². The van der Waals surface area contributed by atoms with Crippen LogP contribution in [0.25, 0.3) is 0 Å². The van der Waals surface area contributed by atoms with Gasteiger partial charge in [0.1, 0.15) is 5.78 Å². The molecule has 1 aromatic carbocycles. The van der Waals surface area contributed by atoms with Crippen LogP contribution in [-0.2, 0) is 24.1 Å². The summed E-state index contributed by atoms with van der Waals surface area (Å²) in [6.45, 7) is 1.89. The molecular formula is C20H23ClN2O. The molecule has 126 valence electrons. The fourth-order valence-electron chi connectivity index (χ4n) is 3.28. The molecule has 2 aromatic rings. The molecule has 1 aliphatic rings. The molecule has 0 atom stereocenters. The first-order valence-corrected chi connectivity index (χ1v) is 9.01. The number of hydrogen-bond acceptors (Lipinski definition) is 3. The summed E-state index contributed by atoms with van der Waals surface area (Å²) in [5.74, 6) is 0.522. The summed E-state index contributed by atoms with van der Waals surface area (Å²) in [6.07, 6.45) is 5.92. The quantitative estimate of drug-likeness (QED) is 0.871. The average Bonchev–Trinajstić information content (AvgIpc) is 2.62. The van der Waals surface area contributed by atoms with E-state index in [4.69, 9.17) is 11.6 Å². The van der Waals surface area contributed by atoms with Gasteiger partial charge in [-0.25, -0.2) is 0 Å². The van der Waals surface area contributed by atoms with E-state index in [9.17, 15) is 4.79 Å². The van der Waals surface area contributed by atoms with E-state index >= 15 is 0 Å². The van der Waals surface area contributed by atoms with Crippen LogP contribution in [0.1, 0.15) is 29.7 Å². The van der Waals surface area contributed by atoms with Gasteiger partial charge in [0.2, 0.25) is 0 Å². The number of hydrogen-bond donors (Lipinski definition) is 1. The Morgan fingerprint density at radius 1 is 1.17 bits per heavy atom. The number of aromatic nitrogens is 1. The molecule has 3 rings (SSSR count). The third kappa shape index (κ3) is 4.65. The zero-order valence-corrected chi connectivity index (χ0v) is 14.6. The second-order valence-electron chi connectivity index (χ2n) is 6.41. The van der Waals surface area contributed by atoms with E-state index in [2.05, 4.69) is 22.4 Å². The van der Waals surface area contributed by atoms with Crippen molar-refractivity contribution in [2.24, 2.45) is 5.92 Å². The SMILES string of the molecule is O=C(Cc1ncccc1CCc1cccc(Cl)c1)C1CCNCC1. The van der Waals surface area contributed by atoms with Crippen molar-refractivity contribution in [3.63, 3.8) is 0 Å². The number of nitrogens with zero attached hydrogens (tertiary/aromatic N) is 1. The van der Waals surface area contributed by atoms with Gasteiger partial charge in [-0.3, -0.25) is 9.78 Å². The molecule has 1 N–H and O–H groups in total. The Hall–Kier alpha value is -1.71. The Morgan fingerprint density at radius 3 is 2.79 bits per heavy atom. The molecule has 0 saturated carbocycles. The van der Waals surface area contributed by atoms with Gasteiger partial charge in [0.05, 0.1) is 5.69 Å². The highest BCUT2D eigenvalue weighted by Gasteiger charge is 2.22. The van der Waals surface area contributed by atoms with Crippen LogP contribution in [0.3, 0.4) is 0 Å². The van der Waals surface area contributed by atoms with Gasteiger partial charge in [-0.15, -0.1) is 0 Å². The molecule has 0 radical (unpaired) electrons. The summed E-state index contributed by atoms with van der Waals surface area (Å²) in [5.41, 5.74) is 3.31. The van der Waals surface area contributed by atoms with Gasteiger partial charge in [0.25, 0.3) is 0 Å². The summed E-state index contributed by atoms with van der Waals surface area (Å²) in [5, 5.41) is 4.07. The molecule has 0 spiro atoms. The van der Waals surface area contributed by atoms with Crippen molar-refractivity contribution < 1.29 is 4.79 Å². The van der Waals surface area contributed by atoms with Gasteiger partial charge in [-0.2, -0.15) is 0 Å². The van der Waals surface area contributed by atoms with Crippen LogP contribution in [0.4, 0.5) is 0 Å². The predicted molar refractivity (Wildman–Crippen MR) is 97.4 cm³/mol. The molecule has 1 aromatic heterocycles. The number of ketones is 1. The lowest BCUT2D eigenvalue weighted by Gasteiger charge is -2.21. The first-order valence-electron chi connectivity index (χ1n) is 8.63. The first-order chi connectivity index (χ1) is 11.7. The highest BCUT2D eigenvalue weighted by atomic mass is 35.5. The first kappa shape index (κ1) is 17.1. The molecular weight excluding hydrogens is 320 g/mol. The number of halogens is 1. The maximum atomic E-state index is 12.6. The fraction of sp³-hybridized carbons (Fsp3) is 0.400. The molecule has 1 saturated heterocycles. The van der Waals surface area contributed by atoms with Crippen LogP contribution in [0, 0.1) is 5.92 Å². The molecule has 4 heteroatoms. The molecule has 0 bridgehead atoms. The second-order valence-corrected chi connectivity index (χ2v) is 6.84. The van der Waals surface area contributed by atoms with Crippen LogP contribution in [0.2, 0.25) is 5.02 Å². The van der Waals surface area contributed by atoms with Crippen LogP contribution in [0.5, 0.6) is 0 Å². The highest BCUT2D eigenvalue weighted by Crippen LogP contribution is 2.18. The van der Waals surface area contributed by atoms with Gasteiger partial charge in [0.15, 0.2) is 0 Å². The number of benzene rings is 1. The zero-order chi connectivity index (χ0) is 16.8. The van der Waals surface area contributed by atoms with E-state index in [1.54, 1.807) is 6.20 Å². The van der Waals surface area contributed by atoms with Crippen LogP contribution < -0.4 is 5.32 Å². The van der Waals surface area contributed by atoms with E-state index in [0.717, 1.165) is 49.5 Å². The highest BCUT2D eigenvalue weighted by molar-refractivity contribution is 6.30. The van der Waals surface area contributed by atoms with Crippen LogP contribution >= 0.6 is 11.6 Å². The largest absolute Gasteiger partial charge is 0.317 e. The molecule has 0 unspecified atom stereocenters. The van der Waals surface area contributed by atoms with Gasteiger partial charge >= 0.3 is 0 Å². The van der Waals surface area contributed by atoms with Gasteiger partial charge < -0.3 is 5.32 Å². The van der Waals surface area contributed by atoms with Crippen LogP contribution in [0.15, 0.2) is 42.6 Å². The molecule has 0 amide bonds. The number of piperidine rings is 1. The summed E-state index contributed by atoms with van der Waals surface area (Å²) in [7, 11) is 0. The third-order valence-electron chi connectivity index (χ3n) is 4.69. The van der Waals surface area contributed by atoms with E-state index in [-0.39, 0.29) is 5.92 Å². The normalized spacial score (nSPS) is 15.4. The Morgan fingerprint density at radius 2 is 2.00 bits per heavy atom. The van der Waals surface area contributed by atoms with E-state index in [1.165, 1.54) is 11.1 Å². The standard InChI is InChI=1S/C20H23ClN2O/c21-18-5-1-3-15(13-18)6-7-16-4-2-10-23-19(16)14-20(24)17-8-11-22-12-9-17/h1-5,10,13,17,22H,6-9,11-12,14H2. The number of pyridine rings is 1. The third-order valence-corrected chi connectivity index (χ3v) is 4.93. The van der Waals surface area contributed by atoms with E-state index in [0.29, 0.717) is 12.2 Å². The number of aryl methyl sites for hydroxylation is 2. The lowest BCUT2D eigenvalue weighted by atomic mass is 9.90. The van der Waals surface area contributed by atoms with Gasteiger partial charge in [-0.05, 0) is 68.1 Å². The van der Waals surface area contributed by atoms with Crippen molar-refractivity contribution in [3.8, 4) is 0 Å².